The number of benzene rings is 1. The fourth-order valence-corrected chi connectivity index (χ4v) is 4.52. The van der Waals surface area contributed by atoms with Crippen molar-refractivity contribution >= 4 is 11.7 Å². The Bertz CT molecular complexity index is 855. The van der Waals surface area contributed by atoms with Crippen LogP contribution in [0.25, 0.3) is 0 Å². The van der Waals surface area contributed by atoms with Crippen LogP contribution in [0.15, 0.2) is 30.3 Å². The Balaban J connectivity index is 1.58. The van der Waals surface area contributed by atoms with Gasteiger partial charge in [-0.2, -0.15) is 0 Å². The van der Waals surface area contributed by atoms with Gasteiger partial charge in [0.05, 0.1) is 6.04 Å². The van der Waals surface area contributed by atoms with Gasteiger partial charge >= 0.3 is 0 Å². The number of fused-ring (bicyclic) bond motifs is 1. The number of aromatic nitrogens is 2. The van der Waals surface area contributed by atoms with Crippen LogP contribution in [0.4, 0.5) is 5.82 Å². The molecule has 1 atom stereocenters. The molecule has 6 nitrogen and oxygen atoms in total. The molecule has 1 amide bonds. The summed E-state index contributed by atoms with van der Waals surface area (Å²) in [6.45, 7) is 4.92. The van der Waals surface area contributed by atoms with Gasteiger partial charge in [0.25, 0.3) is 0 Å². The van der Waals surface area contributed by atoms with Crippen LogP contribution in [0, 0.1) is 6.92 Å². The number of hydrogen-bond acceptors (Lipinski definition) is 5. The molecule has 0 saturated carbocycles. The van der Waals surface area contributed by atoms with Crippen molar-refractivity contribution in [2.75, 3.05) is 38.3 Å². The van der Waals surface area contributed by atoms with Crippen molar-refractivity contribution in [3.8, 4) is 0 Å². The Hall–Kier alpha value is -2.47. The monoisotopic (exact) mass is 394 g/mol. The van der Waals surface area contributed by atoms with Gasteiger partial charge in [0.2, 0.25) is 5.91 Å². The highest BCUT2D eigenvalue weighted by Gasteiger charge is 2.33. The number of aryl methyl sites for hydroxylation is 1. The van der Waals surface area contributed by atoms with Crippen LogP contribution in [0.3, 0.4) is 0 Å². The summed E-state index contributed by atoms with van der Waals surface area (Å²) in [5.74, 6) is 1.88. The number of ether oxygens (including phenoxy) is 1. The quantitative estimate of drug-likeness (QED) is 0.754. The second-order valence-corrected chi connectivity index (χ2v) is 7.97. The first-order valence-corrected chi connectivity index (χ1v) is 10.6. The van der Waals surface area contributed by atoms with E-state index in [1.165, 1.54) is 11.1 Å². The molecule has 154 valence electrons. The minimum absolute atomic E-state index is 0.0231. The summed E-state index contributed by atoms with van der Waals surface area (Å²) in [4.78, 5) is 26.6. The van der Waals surface area contributed by atoms with Crippen LogP contribution in [0.1, 0.15) is 47.9 Å². The highest BCUT2D eigenvalue weighted by molar-refractivity contribution is 5.78. The summed E-state index contributed by atoms with van der Waals surface area (Å²) in [7, 11) is 1.56. The van der Waals surface area contributed by atoms with Gasteiger partial charge in [0.15, 0.2) is 5.82 Å². The van der Waals surface area contributed by atoms with E-state index in [0.717, 1.165) is 69.1 Å². The molecule has 6 heteroatoms. The first-order chi connectivity index (χ1) is 14.2. The predicted octanol–water partition coefficient (Wildman–Crippen LogP) is 3.09. The third kappa shape index (κ3) is 4.27. The average molecular weight is 395 g/mol. The molecule has 2 aromatic rings. The van der Waals surface area contributed by atoms with Crippen molar-refractivity contribution in [2.45, 2.75) is 45.1 Å². The van der Waals surface area contributed by atoms with Crippen LogP contribution < -0.4 is 4.90 Å². The van der Waals surface area contributed by atoms with Gasteiger partial charge in [-0.1, -0.05) is 30.3 Å². The molecule has 1 aromatic heterocycles. The van der Waals surface area contributed by atoms with Gasteiger partial charge in [-0.3, -0.25) is 4.79 Å². The molecule has 0 aliphatic carbocycles. The van der Waals surface area contributed by atoms with E-state index in [-0.39, 0.29) is 18.6 Å². The van der Waals surface area contributed by atoms with E-state index in [0.29, 0.717) is 0 Å². The maximum Gasteiger partial charge on any atom is 0.249 e. The molecule has 0 N–H and O–H groups in total. The molecule has 1 aromatic carbocycles. The molecule has 0 bridgehead atoms. The van der Waals surface area contributed by atoms with Gasteiger partial charge < -0.3 is 14.5 Å². The summed E-state index contributed by atoms with van der Waals surface area (Å²) < 4.78 is 5.07. The largest absolute Gasteiger partial charge is 0.375 e. The number of rotatable bonds is 6. The number of carbonyl (C=O) groups excluding carboxylic acids is 1. The van der Waals surface area contributed by atoms with E-state index in [1.54, 1.807) is 7.11 Å². The molecule has 0 unspecified atom stereocenters. The lowest BCUT2D eigenvalue weighted by Gasteiger charge is -2.32. The lowest BCUT2D eigenvalue weighted by Crippen LogP contribution is -2.36. The third-order valence-corrected chi connectivity index (χ3v) is 6.02. The number of carbonyl (C=O) groups is 1. The number of anilines is 1. The minimum atomic E-state index is -0.0421. The highest BCUT2D eigenvalue weighted by Crippen LogP contribution is 2.34. The number of amides is 1. The van der Waals surface area contributed by atoms with Crippen LogP contribution in [0.5, 0.6) is 0 Å². The average Bonchev–Trinajstić information content (AvgIpc) is 3.23. The zero-order chi connectivity index (χ0) is 20.2. The molecular weight excluding hydrogens is 364 g/mol. The SMILES string of the molecule is COCC(=O)N1CCC[C@H]1c1nc(C)c2c(n1)N(CCc1ccccc1)CCC2. The van der Waals surface area contributed by atoms with E-state index in [1.807, 2.05) is 4.90 Å². The first-order valence-electron chi connectivity index (χ1n) is 10.6. The Labute approximate surface area is 172 Å². The Morgan fingerprint density at radius 1 is 1.17 bits per heavy atom. The predicted molar refractivity (Wildman–Crippen MR) is 113 cm³/mol. The lowest BCUT2D eigenvalue weighted by atomic mass is 10.0. The van der Waals surface area contributed by atoms with Crippen molar-refractivity contribution in [1.29, 1.82) is 0 Å². The van der Waals surface area contributed by atoms with E-state index < -0.39 is 0 Å². The summed E-state index contributed by atoms with van der Waals surface area (Å²) in [5, 5.41) is 0. The van der Waals surface area contributed by atoms with Gasteiger partial charge in [-0.05, 0) is 44.6 Å². The molecule has 0 spiro atoms. The topological polar surface area (TPSA) is 58.6 Å². The molecular formula is C23H30N4O2. The van der Waals surface area contributed by atoms with E-state index in [4.69, 9.17) is 14.7 Å². The summed E-state index contributed by atoms with van der Waals surface area (Å²) in [6, 6.07) is 10.6. The van der Waals surface area contributed by atoms with Crippen LogP contribution >= 0.6 is 0 Å². The van der Waals surface area contributed by atoms with Crippen molar-refractivity contribution in [2.24, 2.45) is 0 Å². The van der Waals surface area contributed by atoms with Gasteiger partial charge in [-0.25, -0.2) is 9.97 Å². The third-order valence-electron chi connectivity index (χ3n) is 6.02. The number of nitrogens with zero attached hydrogens (tertiary/aromatic N) is 4. The zero-order valence-corrected chi connectivity index (χ0v) is 17.4. The summed E-state index contributed by atoms with van der Waals surface area (Å²) in [5.41, 5.74) is 3.67. The fraction of sp³-hybridized carbons (Fsp3) is 0.522. The number of hydrogen-bond donors (Lipinski definition) is 0. The number of likely N-dealkylation sites (tertiary alicyclic amines) is 1. The highest BCUT2D eigenvalue weighted by atomic mass is 16.5. The molecule has 29 heavy (non-hydrogen) atoms. The first kappa shape index (κ1) is 19.8. The zero-order valence-electron chi connectivity index (χ0n) is 17.4. The minimum Gasteiger partial charge on any atom is -0.375 e. The Morgan fingerprint density at radius 2 is 2.00 bits per heavy atom. The second-order valence-electron chi connectivity index (χ2n) is 7.97. The second kappa shape index (κ2) is 8.91. The van der Waals surface area contributed by atoms with Crippen molar-refractivity contribution in [3.63, 3.8) is 0 Å². The fourth-order valence-electron chi connectivity index (χ4n) is 4.52. The van der Waals surface area contributed by atoms with Gasteiger partial charge in [0.1, 0.15) is 12.4 Å². The Morgan fingerprint density at radius 3 is 2.79 bits per heavy atom. The van der Waals surface area contributed by atoms with E-state index in [2.05, 4.69) is 42.2 Å². The maximum atomic E-state index is 12.5. The van der Waals surface area contributed by atoms with Crippen LogP contribution in [-0.4, -0.2) is 54.1 Å². The maximum absolute atomic E-state index is 12.5. The standard InChI is InChI=1S/C23H30N4O2/c1-17-19-10-6-13-26(15-12-18-8-4-3-5-9-18)23(19)25-22(24-17)20-11-7-14-27(20)21(28)16-29-2/h3-5,8-9,20H,6-7,10-16H2,1-2H3/t20-/m0/s1. The van der Waals surface area contributed by atoms with Gasteiger partial charge in [-0.15, -0.1) is 0 Å². The number of methoxy groups -OCH3 is 1. The summed E-state index contributed by atoms with van der Waals surface area (Å²) >= 11 is 0. The van der Waals surface area contributed by atoms with Crippen molar-refractivity contribution < 1.29 is 9.53 Å². The van der Waals surface area contributed by atoms with Crippen LogP contribution in [-0.2, 0) is 22.4 Å². The van der Waals surface area contributed by atoms with Crippen molar-refractivity contribution in [1.82, 2.24) is 14.9 Å². The molecule has 3 heterocycles. The molecule has 1 fully saturated rings. The molecule has 2 aliphatic heterocycles. The van der Waals surface area contributed by atoms with E-state index in [9.17, 15) is 4.79 Å². The molecule has 1 saturated heterocycles. The Kier molecular flexibility index (Phi) is 6.09. The molecule has 2 aliphatic rings. The molecule has 0 radical (unpaired) electrons. The smallest absolute Gasteiger partial charge is 0.249 e. The normalized spacial score (nSPS) is 18.8. The van der Waals surface area contributed by atoms with Crippen LogP contribution in [0.2, 0.25) is 0 Å². The van der Waals surface area contributed by atoms with Gasteiger partial charge in [0, 0.05) is 38.0 Å². The summed E-state index contributed by atoms with van der Waals surface area (Å²) in [6.07, 6.45) is 5.06. The van der Waals surface area contributed by atoms with E-state index >= 15 is 0 Å². The lowest BCUT2D eigenvalue weighted by molar-refractivity contribution is -0.136. The molecule has 4 rings (SSSR count). The van der Waals surface area contributed by atoms with Crippen molar-refractivity contribution in [3.05, 3.63) is 53.0 Å².